The average molecular weight is 423 g/mol. The fraction of sp³-hybridized carbons (Fsp3) is 0.350. The summed E-state index contributed by atoms with van der Waals surface area (Å²) in [7, 11) is 1.26. The van der Waals surface area contributed by atoms with Gasteiger partial charge >= 0.3 is 11.9 Å². The van der Waals surface area contributed by atoms with Gasteiger partial charge in [-0.25, -0.2) is 18.4 Å². The van der Waals surface area contributed by atoms with Crippen molar-refractivity contribution < 1.29 is 32.6 Å². The summed E-state index contributed by atoms with van der Waals surface area (Å²) in [5, 5.41) is 2.86. The topological polar surface area (TPSA) is 81.7 Å². The monoisotopic (exact) mass is 423 g/mol. The predicted octanol–water partition coefficient (Wildman–Crippen LogP) is 3.73. The zero-order valence-corrected chi connectivity index (χ0v) is 16.7. The van der Waals surface area contributed by atoms with Crippen LogP contribution in [0.2, 0.25) is 0 Å². The molecule has 1 aromatic carbocycles. The van der Waals surface area contributed by atoms with Crippen molar-refractivity contribution in [2.45, 2.75) is 26.2 Å². The average Bonchev–Trinajstić information content (AvgIpc) is 3.02. The Labute approximate surface area is 169 Å². The molecular formula is C20H19F2NO5S. The lowest BCUT2D eigenvalue weighted by Gasteiger charge is -2.18. The molecule has 0 spiro atoms. The molecule has 1 aromatic heterocycles. The lowest BCUT2D eigenvalue weighted by atomic mass is 9.88. The Bertz CT molecular complexity index is 952. The molecule has 1 N–H and O–H groups in total. The van der Waals surface area contributed by atoms with Gasteiger partial charge in [0.2, 0.25) is 0 Å². The van der Waals surface area contributed by atoms with Gasteiger partial charge in [-0.3, -0.25) is 4.79 Å². The normalized spacial score (nSPS) is 15.4. The first-order chi connectivity index (χ1) is 13.8. The van der Waals surface area contributed by atoms with Crippen LogP contribution in [0.25, 0.3) is 0 Å². The maximum atomic E-state index is 13.6. The number of amides is 1. The Morgan fingerprint density at radius 3 is 2.52 bits per heavy atom. The van der Waals surface area contributed by atoms with Crippen LogP contribution in [0.15, 0.2) is 18.2 Å². The van der Waals surface area contributed by atoms with Crippen molar-refractivity contribution in [3.05, 3.63) is 51.4 Å². The quantitative estimate of drug-likeness (QED) is 0.741. The van der Waals surface area contributed by atoms with Gasteiger partial charge in [0, 0.05) is 4.88 Å². The third kappa shape index (κ3) is 4.45. The van der Waals surface area contributed by atoms with Crippen LogP contribution in [0.4, 0.5) is 13.8 Å². The number of fused-ring (bicyclic) bond motifs is 1. The van der Waals surface area contributed by atoms with Crippen LogP contribution in [0, 0.1) is 17.6 Å². The molecule has 0 aliphatic heterocycles. The van der Waals surface area contributed by atoms with Gasteiger partial charge in [-0.2, -0.15) is 0 Å². The molecule has 1 aliphatic rings. The lowest BCUT2D eigenvalue weighted by Crippen LogP contribution is -2.22. The molecule has 0 radical (unpaired) electrons. The second kappa shape index (κ2) is 8.69. The number of ether oxygens (including phenoxy) is 2. The molecule has 1 atom stereocenters. The molecule has 29 heavy (non-hydrogen) atoms. The van der Waals surface area contributed by atoms with Gasteiger partial charge in [-0.1, -0.05) is 13.0 Å². The summed E-state index contributed by atoms with van der Waals surface area (Å²) in [6, 6.07) is 2.95. The van der Waals surface area contributed by atoms with Gasteiger partial charge in [0.25, 0.3) is 5.91 Å². The maximum Gasteiger partial charge on any atom is 0.344 e. The number of thiophene rings is 1. The number of anilines is 1. The van der Waals surface area contributed by atoms with Gasteiger partial charge in [-0.05, 0) is 42.9 Å². The van der Waals surface area contributed by atoms with Gasteiger partial charge in [0.15, 0.2) is 6.61 Å². The number of halogens is 2. The number of hydrogen-bond acceptors (Lipinski definition) is 6. The Hall–Kier alpha value is -2.81. The minimum Gasteiger partial charge on any atom is -0.465 e. The number of carbonyl (C=O) groups excluding carboxylic acids is 3. The second-order valence-corrected chi connectivity index (χ2v) is 7.87. The highest BCUT2D eigenvalue weighted by atomic mass is 32.1. The van der Waals surface area contributed by atoms with Crippen LogP contribution >= 0.6 is 11.3 Å². The van der Waals surface area contributed by atoms with Crippen molar-refractivity contribution in [1.82, 2.24) is 0 Å². The molecule has 0 saturated heterocycles. The van der Waals surface area contributed by atoms with E-state index in [0.717, 1.165) is 41.5 Å². The predicted molar refractivity (Wildman–Crippen MR) is 102 cm³/mol. The largest absolute Gasteiger partial charge is 0.465 e. The van der Waals surface area contributed by atoms with E-state index in [2.05, 4.69) is 12.2 Å². The molecule has 0 saturated carbocycles. The molecular weight excluding hydrogens is 404 g/mol. The van der Waals surface area contributed by atoms with E-state index in [1.54, 1.807) is 0 Å². The van der Waals surface area contributed by atoms with Gasteiger partial charge in [-0.15, -0.1) is 11.3 Å². The van der Waals surface area contributed by atoms with E-state index in [0.29, 0.717) is 22.9 Å². The molecule has 3 rings (SSSR count). The lowest BCUT2D eigenvalue weighted by molar-refractivity contribution is -0.119. The van der Waals surface area contributed by atoms with E-state index in [9.17, 15) is 23.2 Å². The summed E-state index contributed by atoms with van der Waals surface area (Å²) in [5.41, 5.74) is 0.302. The van der Waals surface area contributed by atoms with Crippen LogP contribution in [0.1, 0.15) is 44.5 Å². The summed E-state index contributed by atoms with van der Waals surface area (Å²) in [4.78, 5) is 37.4. The molecule has 1 heterocycles. The smallest absolute Gasteiger partial charge is 0.344 e. The molecule has 9 heteroatoms. The van der Waals surface area contributed by atoms with Crippen LogP contribution in [0.5, 0.6) is 0 Å². The first-order valence-corrected chi connectivity index (χ1v) is 9.77. The van der Waals surface area contributed by atoms with Crippen molar-refractivity contribution in [3.8, 4) is 0 Å². The SMILES string of the molecule is COC(=O)c1c(NC(=O)COC(=O)c2c(F)cccc2F)sc2c1CCC(C)C2. The van der Waals surface area contributed by atoms with E-state index in [1.165, 1.54) is 18.4 Å². The first-order valence-electron chi connectivity index (χ1n) is 8.95. The zero-order chi connectivity index (χ0) is 21.1. The number of carbonyl (C=O) groups is 3. The standard InChI is InChI=1S/C20H19F2NO5S/c1-10-6-7-11-14(8-10)29-18(16(11)19(25)27-2)23-15(24)9-28-20(26)17-12(21)4-3-5-13(17)22/h3-5,10H,6-9H2,1-2H3,(H,23,24). The number of benzene rings is 1. The fourth-order valence-electron chi connectivity index (χ4n) is 3.22. The molecule has 1 unspecified atom stereocenters. The van der Waals surface area contributed by atoms with Crippen LogP contribution < -0.4 is 5.32 Å². The van der Waals surface area contributed by atoms with E-state index < -0.39 is 41.7 Å². The first kappa shape index (κ1) is 20.9. The molecule has 6 nitrogen and oxygen atoms in total. The van der Waals surface area contributed by atoms with Crippen molar-refractivity contribution in [1.29, 1.82) is 0 Å². The number of rotatable bonds is 5. The number of hydrogen-bond donors (Lipinski definition) is 1. The highest BCUT2D eigenvalue weighted by Crippen LogP contribution is 2.40. The molecule has 0 bridgehead atoms. The van der Waals surface area contributed by atoms with Crippen LogP contribution in [-0.4, -0.2) is 31.6 Å². The van der Waals surface area contributed by atoms with Crippen molar-refractivity contribution in [2.75, 3.05) is 19.0 Å². The Morgan fingerprint density at radius 2 is 1.86 bits per heavy atom. The molecule has 154 valence electrons. The summed E-state index contributed by atoms with van der Waals surface area (Å²) >= 11 is 1.28. The van der Waals surface area contributed by atoms with Crippen LogP contribution in [0.3, 0.4) is 0 Å². The maximum absolute atomic E-state index is 13.6. The Kier molecular flexibility index (Phi) is 6.26. The number of methoxy groups -OCH3 is 1. The summed E-state index contributed by atoms with van der Waals surface area (Å²) in [6.45, 7) is 1.35. The number of nitrogens with one attached hydrogen (secondary N) is 1. The number of esters is 2. The Morgan fingerprint density at radius 1 is 1.17 bits per heavy atom. The van der Waals surface area contributed by atoms with Gasteiger partial charge < -0.3 is 14.8 Å². The second-order valence-electron chi connectivity index (χ2n) is 6.77. The third-order valence-electron chi connectivity index (χ3n) is 4.66. The van der Waals surface area contributed by atoms with Crippen molar-refractivity contribution >= 4 is 34.2 Å². The zero-order valence-electron chi connectivity index (χ0n) is 15.8. The third-order valence-corrected chi connectivity index (χ3v) is 5.83. The fourth-order valence-corrected chi connectivity index (χ4v) is 4.63. The molecule has 0 fully saturated rings. The molecule has 1 aliphatic carbocycles. The summed E-state index contributed by atoms with van der Waals surface area (Å²) in [5.74, 6) is -4.27. The Balaban J connectivity index is 1.72. The minimum absolute atomic E-state index is 0.305. The van der Waals surface area contributed by atoms with E-state index in [-0.39, 0.29) is 0 Å². The van der Waals surface area contributed by atoms with E-state index >= 15 is 0 Å². The highest BCUT2D eigenvalue weighted by Gasteiger charge is 2.29. The summed E-state index contributed by atoms with van der Waals surface area (Å²) < 4.78 is 36.8. The van der Waals surface area contributed by atoms with E-state index in [4.69, 9.17) is 9.47 Å². The van der Waals surface area contributed by atoms with Crippen molar-refractivity contribution in [2.24, 2.45) is 5.92 Å². The van der Waals surface area contributed by atoms with Gasteiger partial charge in [0.1, 0.15) is 22.2 Å². The highest BCUT2D eigenvalue weighted by molar-refractivity contribution is 7.17. The summed E-state index contributed by atoms with van der Waals surface area (Å²) in [6.07, 6.45) is 2.42. The van der Waals surface area contributed by atoms with Crippen LogP contribution in [-0.2, 0) is 27.1 Å². The van der Waals surface area contributed by atoms with Crippen molar-refractivity contribution in [3.63, 3.8) is 0 Å². The van der Waals surface area contributed by atoms with Gasteiger partial charge in [0.05, 0.1) is 12.7 Å². The molecule has 2 aromatic rings. The molecule has 1 amide bonds. The minimum atomic E-state index is -1.29. The van der Waals surface area contributed by atoms with E-state index in [1.807, 2.05) is 0 Å².